The van der Waals surface area contributed by atoms with E-state index in [4.69, 9.17) is 0 Å². The number of nitrogens with zero attached hydrogens (tertiary/aromatic N) is 4. The Hall–Kier alpha value is -0.250. The molecule has 0 atom stereocenters. The van der Waals surface area contributed by atoms with E-state index in [9.17, 15) is 0 Å². The molecule has 0 aliphatic heterocycles. The molecule has 0 rings (SSSR count). The average Bonchev–Trinajstić information content (AvgIpc) is 2.17. The molecule has 0 aromatic rings. The van der Waals surface area contributed by atoms with Crippen LogP contribution in [0.25, 0.3) is 0 Å². The van der Waals surface area contributed by atoms with Crippen molar-refractivity contribution < 1.29 is 0 Å². The first-order valence-electron chi connectivity index (χ1n) is 5.75. The number of hydrogen-bond acceptors (Lipinski definition) is 4. The van der Waals surface area contributed by atoms with Gasteiger partial charge in [0.1, 0.15) is 0 Å². The van der Waals surface area contributed by atoms with Crippen LogP contribution in [0.1, 0.15) is 0 Å². The fraction of sp³-hybridized carbons (Fsp3) is 0.667. The molecule has 0 spiro atoms. The first kappa shape index (κ1) is 16.8. The Balaban J connectivity index is 5.49. The van der Waals surface area contributed by atoms with Gasteiger partial charge in [0, 0.05) is 42.3 Å². The van der Waals surface area contributed by atoms with Gasteiger partial charge in [0.15, 0.2) is 0 Å². The second kappa shape index (κ2) is 7.24. The lowest BCUT2D eigenvalue weighted by Gasteiger charge is -2.44. The normalized spacial score (nSPS) is 12.8. The van der Waals surface area contributed by atoms with Gasteiger partial charge < -0.3 is 0 Å². The highest BCUT2D eigenvalue weighted by Gasteiger charge is 2.53. The smallest absolute Gasteiger partial charge is 0.139 e. The van der Waals surface area contributed by atoms with E-state index in [1.807, 2.05) is 12.2 Å². The van der Waals surface area contributed by atoms with Gasteiger partial charge in [-0.25, -0.2) is 0 Å². The topological polar surface area (TPSA) is 13.0 Å². The van der Waals surface area contributed by atoms with Gasteiger partial charge in [0.2, 0.25) is 0 Å². The molecular weight excluding hydrogens is 231 g/mol. The molecule has 0 aliphatic carbocycles. The van der Waals surface area contributed by atoms with Crippen LogP contribution in [0, 0.1) is 0 Å². The van der Waals surface area contributed by atoms with E-state index < -0.39 is 7.87 Å². The molecule has 0 heterocycles. The van der Waals surface area contributed by atoms with Gasteiger partial charge in [-0.2, -0.15) is 0 Å². The average molecular weight is 259 g/mol. The fourth-order valence-electron chi connectivity index (χ4n) is 2.42. The van der Waals surface area contributed by atoms with E-state index in [0.717, 1.165) is 13.1 Å². The summed E-state index contributed by atoms with van der Waals surface area (Å²) in [6, 6.07) is 0. The van der Waals surface area contributed by atoms with Crippen LogP contribution in [-0.2, 0) is 0 Å². The Morgan fingerprint density at radius 2 is 1.06 bits per heavy atom. The quantitative estimate of drug-likeness (QED) is 0.488. The van der Waals surface area contributed by atoms with Crippen LogP contribution >= 0.6 is 7.87 Å². The number of rotatable bonds is 8. The summed E-state index contributed by atoms with van der Waals surface area (Å²) in [7, 11) is 11.1. The van der Waals surface area contributed by atoms with Crippen LogP contribution < -0.4 is 0 Å². The van der Waals surface area contributed by atoms with E-state index >= 15 is 0 Å². The van der Waals surface area contributed by atoms with Crippen LogP contribution in [0.3, 0.4) is 0 Å². The third-order valence-electron chi connectivity index (χ3n) is 2.67. The molecule has 0 aromatic carbocycles. The van der Waals surface area contributed by atoms with Gasteiger partial charge in [-0.1, -0.05) is 12.2 Å². The molecular formula is C12H28N4P+. The van der Waals surface area contributed by atoms with Crippen molar-refractivity contribution >= 4 is 7.87 Å². The molecule has 17 heavy (non-hydrogen) atoms. The van der Waals surface area contributed by atoms with Gasteiger partial charge in [-0.3, -0.25) is 0 Å². The standard InChI is InChI=1S/C12H28N4P/c1-9-11-16(12-10-2)17(13(3)4,14(5)6)15(7)8/h9-10H,1-2,11-12H2,3-8H3/q+1. The maximum absolute atomic E-state index is 3.86. The summed E-state index contributed by atoms with van der Waals surface area (Å²) in [5, 5.41) is 0. The fourth-order valence-corrected chi connectivity index (χ4v) is 6.76. The van der Waals surface area contributed by atoms with E-state index in [-0.39, 0.29) is 0 Å². The van der Waals surface area contributed by atoms with Crippen LogP contribution in [0.2, 0.25) is 0 Å². The molecule has 0 amide bonds. The van der Waals surface area contributed by atoms with Crippen molar-refractivity contribution in [3.8, 4) is 0 Å². The van der Waals surface area contributed by atoms with Gasteiger partial charge in [0.05, 0.1) is 13.1 Å². The Morgan fingerprint density at radius 1 is 0.765 bits per heavy atom. The highest BCUT2D eigenvalue weighted by molar-refractivity contribution is 7.66. The minimum Gasteiger partial charge on any atom is -0.139 e. The molecule has 100 valence electrons. The molecule has 0 unspecified atom stereocenters. The molecule has 0 aromatic heterocycles. The van der Waals surface area contributed by atoms with Gasteiger partial charge >= 0.3 is 7.87 Å². The largest absolute Gasteiger partial charge is 0.307 e. The molecule has 5 heteroatoms. The Labute approximate surface area is 108 Å². The summed E-state index contributed by atoms with van der Waals surface area (Å²) in [5.41, 5.74) is 0. The summed E-state index contributed by atoms with van der Waals surface area (Å²) in [6.07, 6.45) is 3.91. The zero-order valence-electron chi connectivity index (χ0n) is 12.2. The van der Waals surface area contributed by atoms with E-state index in [2.05, 4.69) is 74.1 Å². The zero-order valence-corrected chi connectivity index (χ0v) is 13.1. The van der Waals surface area contributed by atoms with Crippen molar-refractivity contribution in [1.82, 2.24) is 18.7 Å². The van der Waals surface area contributed by atoms with Crippen molar-refractivity contribution in [2.45, 2.75) is 0 Å². The highest BCUT2D eigenvalue weighted by atomic mass is 31.2. The van der Waals surface area contributed by atoms with Gasteiger partial charge in [0.25, 0.3) is 0 Å². The molecule has 0 saturated heterocycles. The molecule has 0 N–H and O–H groups in total. The monoisotopic (exact) mass is 259 g/mol. The Kier molecular flexibility index (Phi) is 7.14. The lowest BCUT2D eigenvalue weighted by atomic mass is 10.5. The maximum atomic E-state index is 3.86. The van der Waals surface area contributed by atoms with Gasteiger partial charge in [-0.05, 0) is 0 Å². The van der Waals surface area contributed by atoms with Crippen LogP contribution in [0.4, 0.5) is 0 Å². The molecule has 0 radical (unpaired) electrons. The first-order chi connectivity index (χ1) is 7.85. The Bertz CT molecular complexity index is 219. The summed E-state index contributed by atoms with van der Waals surface area (Å²) in [4.78, 5) is 0. The third-order valence-corrected chi connectivity index (χ3v) is 6.97. The van der Waals surface area contributed by atoms with Gasteiger partial charge in [-0.15, -0.1) is 31.8 Å². The van der Waals surface area contributed by atoms with Crippen LogP contribution in [0.5, 0.6) is 0 Å². The predicted octanol–water partition coefficient (Wildman–Crippen LogP) is 2.02. The lowest BCUT2D eigenvalue weighted by Crippen LogP contribution is -2.46. The highest BCUT2D eigenvalue weighted by Crippen LogP contribution is 2.66. The van der Waals surface area contributed by atoms with Crippen molar-refractivity contribution in [2.75, 3.05) is 55.4 Å². The van der Waals surface area contributed by atoms with Crippen molar-refractivity contribution in [2.24, 2.45) is 0 Å². The molecule has 0 saturated carbocycles. The van der Waals surface area contributed by atoms with Crippen molar-refractivity contribution in [1.29, 1.82) is 0 Å². The van der Waals surface area contributed by atoms with E-state index in [1.54, 1.807) is 0 Å². The summed E-state index contributed by atoms with van der Waals surface area (Å²) in [5.74, 6) is 0. The predicted molar refractivity (Wildman–Crippen MR) is 79.9 cm³/mol. The second-order valence-corrected chi connectivity index (χ2v) is 8.57. The lowest BCUT2D eigenvalue weighted by molar-refractivity contribution is 0.357. The molecule has 0 aliphatic rings. The third kappa shape index (κ3) is 3.36. The minimum absolute atomic E-state index is 0.855. The van der Waals surface area contributed by atoms with E-state index in [0.29, 0.717) is 0 Å². The Morgan fingerprint density at radius 3 is 1.24 bits per heavy atom. The summed E-state index contributed by atoms with van der Waals surface area (Å²) >= 11 is 0. The minimum atomic E-state index is -1.66. The van der Waals surface area contributed by atoms with Crippen molar-refractivity contribution in [3.05, 3.63) is 25.3 Å². The van der Waals surface area contributed by atoms with E-state index in [1.165, 1.54) is 0 Å². The second-order valence-electron chi connectivity index (χ2n) is 4.53. The first-order valence-corrected chi connectivity index (χ1v) is 7.35. The number of hydrogen-bond donors (Lipinski definition) is 0. The summed E-state index contributed by atoms with van der Waals surface area (Å²) < 4.78 is 9.34. The van der Waals surface area contributed by atoms with Crippen LogP contribution in [0.15, 0.2) is 25.3 Å². The SMILES string of the molecule is C=CCN(CC=C)[P+](N(C)C)(N(C)C)N(C)C. The maximum Gasteiger partial charge on any atom is 0.307 e. The summed E-state index contributed by atoms with van der Waals surface area (Å²) in [6.45, 7) is 9.43. The molecule has 0 bridgehead atoms. The molecule has 4 nitrogen and oxygen atoms in total. The molecule has 0 fully saturated rings. The van der Waals surface area contributed by atoms with Crippen LogP contribution in [-0.4, -0.2) is 74.1 Å². The van der Waals surface area contributed by atoms with Crippen molar-refractivity contribution in [3.63, 3.8) is 0 Å². The zero-order chi connectivity index (χ0) is 13.6.